The molecule has 0 atom stereocenters. The molecule has 7 nitrogen and oxygen atoms in total. The lowest BCUT2D eigenvalue weighted by Gasteiger charge is -2.33. The highest BCUT2D eigenvalue weighted by molar-refractivity contribution is 7.11. The van der Waals surface area contributed by atoms with Crippen molar-refractivity contribution in [3.63, 3.8) is 0 Å². The standard InChI is InChI=1S/C23H32F2N6OS/c1-30-26-13-18(29-30)10-21(32)27-17-4-2-15(3-5-17)6-8-31-9-7-20-19(14-31)28-22(33-20)16-11-23(24,25)12-16/h13,15-17H,2-12,14H2,1H3,(H,27,32). The molecule has 2 fully saturated rings. The summed E-state index contributed by atoms with van der Waals surface area (Å²) in [6.45, 7) is 2.94. The van der Waals surface area contributed by atoms with Crippen molar-refractivity contribution in [2.75, 3.05) is 13.1 Å². The quantitative estimate of drug-likeness (QED) is 0.660. The van der Waals surface area contributed by atoms with E-state index >= 15 is 0 Å². The molecule has 5 rings (SSSR count). The van der Waals surface area contributed by atoms with Gasteiger partial charge in [-0.3, -0.25) is 9.69 Å². The lowest BCUT2D eigenvalue weighted by Crippen LogP contribution is -2.39. The van der Waals surface area contributed by atoms with E-state index in [1.807, 2.05) is 0 Å². The summed E-state index contributed by atoms with van der Waals surface area (Å²) in [6, 6.07) is 0.260. The van der Waals surface area contributed by atoms with Crippen LogP contribution < -0.4 is 5.32 Å². The van der Waals surface area contributed by atoms with Gasteiger partial charge < -0.3 is 5.32 Å². The van der Waals surface area contributed by atoms with Crippen LogP contribution in [0.5, 0.6) is 0 Å². The van der Waals surface area contributed by atoms with Crippen LogP contribution in [0.25, 0.3) is 0 Å². The van der Waals surface area contributed by atoms with Gasteiger partial charge in [-0.05, 0) is 51.0 Å². The van der Waals surface area contributed by atoms with Crippen molar-refractivity contribution in [3.05, 3.63) is 27.5 Å². The highest BCUT2D eigenvalue weighted by atomic mass is 32.1. The lowest BCUT2D eigenvalue weighted by molar-refractivity contribution is -0.121. The normalized spacial score (nSPS) is 25.4. The Bertz CT molecular complexity index is 976. The second kappa shape index (κ2) is 9.37. The second-order valence-corrected chi connectivity index (χ2v) is 11.1. The smallest absolute Gasteiger partial charge is 0.249 e. The van der Waals surface area contributed by atoms with Gasteiger partial charge in [-0.2, -0.15) is 15.0 Å². The number of aromatic nitrogens is 4. The van der Waals surface area contributed by atoms with Crippen LogP contribution in [0.1, 0.15) is 72.1 Å². The van der Waals surface area contributed by atoms with E-state index in [2.05, 4.69) is 20.4 Å². The maximum Gasteiger partial charge on any atom is 0.249 e. The van der Waals surface area contributed by atoms with E-state index in [1.54, 1.807) is 24.6 Å². The topological polar surface area (TPSA) is 75.9 Å². The Morgan fingerprint density at radius 3 is 2.76 bits per heavy atom. The molecule has 0 radical (unpaired) electrons. The van der Waals surface area contributed by atoms with Crippen LogP contribution in [0, 0.1) is 5.92 Å². The molecule has 10 heteroatoms. The molecule has 3 heterocycles. The number of amides is 1. The summed E-state index contributed by atoms with van der Waals surface area (Å²) in [4.78, 5) is 22.3. The highest BCUT2D eigenvalue weighted by Crippen LogP contribution is 2.49. The van der Waals surface area contributed by atoms with Crippen molar-refractivity contribution in [2.45, 2.75) is 82.2 Å². The molecule has 0 bridgehead atoms. The van der Waals surface area contributed by atoms with Crippen LogP contribution in [-0.4, -0.2) is 55.8 Å². The first kappa shape index (κ1) is 22.8. The fourth-order valence-corrected chi connectivity index (χ4v) is 6.51. The fraction of sp³-hybridized carbons (Fsp3) is 0.739. The summed E-state index contributed by atoms with van der Waals surface area (Å²) in [5.41, 5.74) is 1.82. The van der Waals surface area contributed by atoms with Crippen molar-refractivity contribution >= 4 is 17.2 Å². The van der Waals surface area contributed by atoms with Gasteiger partial charge in [-0.1, -0.05) is 0 Å². The minimum atomic E-state index is -2.48. The van der Waals surface area contributed by atoms with Crippen molar-refractivity contribution < 1.29 is 13.6 Å². The van der Waals surface area contributed by atoms with Crippen LogP contribution in [0.4, 0.5) is 8.78 Å². The number of nitrogens with one attached hydrogen (secondary N) is 1. The molecule has 33 heavy (non-hydrogen) atoms. The van der Waals surface area contributed by atoms with Gasteiger partial charge >= 0.3 is 0 Å². The van der Waals surface area contributed by atoms with Gasteiger partial charge in [0.2, 0.25) is 11.8 Å². The summed E-state index contributed by atoms with van der Waals surface area (Å²) >= 11 is 1.66. The van der Waals surface area contributed by atoms with Gasteiger partial charge in [0.25, 0.3) is 0 Å². The number of thiazole rings is 1. The molecule has 0 spiro atoms. The fourth-order valence-electron chi connectivity index (χ4n) is 5.35. The van der Waals surface area contributed by atoms with Crippen LogP contribution in [0.15, 0.2) is 6.20 Å². The SMILES string of the molecule is Cn1ncc(CC(=O)NC2CCC(CCN3CCc4sc(C5CC(F)(F)C5)nc4C3)CC2)n1. The minimum Gasteiger partial charge on any atom is -0.353 e. The van der Waals surface area contributed by atoms with Gasteiger partial charge in [0, 0.05) is 49.8 Å². The predicted octanol–water partition coefficient (Wildman–Crippen LogP) is 3.45. The largest absolute Gasteiger partial charge is 0.353 e. The zero-order chi connectivity index (χ0) is 23.0. The number of aryl methyl sites for hydroxylation is 1. The molecule has 0 saturated heterocycles. The third-order valence-electron chi connectivity index (χ3n) is 7.32. The first-order valence-corrected chi connectivity index (χ1v) is 12.9. The number of halogens is 2. The molecule has 2 saturated carbocycles. The molecule has 2 aliphatic carbocycles. The van der Waals surface area contributed by atoms with E-state index in [9.17, 15) is 13.6 Å². The number of carbonyl (C=O) groups is 1. The number of hydrogen-bond acceptors (Lipinski definition) is 6. The Hall–Kier alpha value is -1.94. The molecular formula is C23H32F2N6OS. The molecule has 1 N–H and O–H groups in total. The van der Waals surface area contributed by atoms with Crippen molar-refractivity contribution in [3.8, 4) is 0 Å². The third-order valence-corrected chi connectivity index (χ3v) is 8.64. The average molecular weight is 479 g/mol. The molecule has 0 aromatic carbocycles. The molecule has 2 aromatic rings. The Labute approximate surface area is 196 Å². The number of carbonyl (C=O) groups excluding carboxylic acids is 1. The first-order valence-electron chi connectivity index (χ1n) is 12.1. The summed E-state index contributed by atoms with van der Waals surface area (Å²) in [5, 5.41) is 12.3. The van der Waals surface area contributed by atoms with Crippen LogP contribution >= 0.6 is 11.3 Å². The molecule has 3 aliphatic rings. The van der Waals surface area contributed by atoms with Gasteiger partial charge in [-0.25, -0.2) is 13.8 Å². The monoisotopic (exact) mass is 478 g/mol. The maximum absolute atomic E-state index is 13.2. The Morgan fingerprint density at radius 2 is 2.06 bits per heavy atom. The van der Waals surface area contributed by atoms with Crippen LogP contribution in [0.3, 0.4) is 0 Å². The van der Waals surface area contributed by atoms with E-state index in [0.29, 0.717) is 11.6 Å². The van der Waals surface area contributed by atoms with E-state index in [4.69, 9.17) is 4.98 Å². The second-order valence-electron chi connectivity index (χ2n) is 9.99. The van der Waals surface area contributed by atoms with Crippen LogP contribution in [-0.2, 0) is 31.2 Å². The number of alkyl halides is 2. The van der Waals surface area contributed by atoms with Gasteiger partial charge in [0.15, 0.2) is 0 Å². The Balaban J connectivity index is 1.02. The van der Waals surface area contributed by atoms with E-state index in [1.165, 1.54) is 16.1 Å². The predicted molar refractivity (Wildman–Crippen MR) is 121 cm³/mol. The number of nitrogens with zero attached hydrogens (tertiary/aromatic N) is 5. The number of rotatable bonds is 7. The molecule has 0 unspecified atom stereocenters. The lowest BCUT2D eigenvalue weighted by atomic mass is 9.82. The van der Waals surface area contributed by atoms with E-state index in [-0.39, 0.29) is 37.1 Å². The minimum absolute atomic E-state index is 0.0244. The van der Waals surface area contributed by atoms with Gasteiger partial charge in [0.1, 0.15) is 0 Å². The maximum atomic E-state index is 13.2. The molecule has 1 aliphatic heterocycles. The van der Waals surface area contributed by atoms with Crippen molar-refractivity contribution in [2.24, 2.45) is 13.0 Å². The molecular weight excluding hydrogens is 446 g/mol. The zero-order valence-corrected chi connectivity index (χ0v) is 19.9. The third kappa shape index (κ3) is 5.59. The number of fused-ring (bicyclic) bond motifs is 1. The molecule has 2 aromatic heterocycles. The summed E-state index contributed by atoms with van der Waals surface area (Å²) in [5.74, 6) is -1.80. The van der Waals surface area contributed by atoms with Crippen molar-refractivity contribution in [1.29, 1.82) is 0 Å². The molecule has 180 valence electrons. The van der Waals surface area contributed by atoms with Crippen LogP contribution in [0.2, 0.25) is 0 Å². The summed E-state index contributed by atoms with van der Waals surface area (Å²) in [7, 11) is 1.75. The van der Waals surface area contributed by atoms with Gasteiger partial charge in [-0.15, -0.1) is 11.3 Å². The highest BCUT2D eigenvalue weighted by Gasteiger charge is 2.47. The van der Waals surface area contributed by atoms with Crippen molar-refractivity contribution in [1.82, 2.24) is 30.2 Å². The average Bonchev–Trinajstić information content (AvgIpc) is 3.36. The zero-order valence-electron chi connectivity index (χ0n) is 19.1. The van der Waals surface area contributed by atoms with E-state index in [0.717, 1.165) is 62.4 Å². The Kier molecular flexibility index (Phi) is 6.48. The number of hydrogen-bond donors (Lipinski definition) is 1. The molecule has 1 amide bonds. The summed E-state index contributed by atoms with van der Waals surface area (Å²) in [6.07, 6.45) is 8.36. The van der Waals surface area contributed by atoms with E-state index < -0.39 is 5.92 Å². The van der Waals surface area contributed by atoms with Gasteiger partial charge in [0.05, 0.1) is 29.0 Å². The first-order chi connectivity index (χ1) is 15.8. The summed E-state index contributed by atoms with van der Waals surface area (Å²) < 4.78 is 26.4. The Morgan fingerprint density at radius 1 is 1.27 bits per heavy atom.